The SMILES string of the molecule is CNc1cccn(-c2nc(C)c(C)s2)c1=O. The van der Waals surface area contributed by atoms with Gasteiger partial charge in [-0.1, -0.05) is 0 Å². The van der Waals surface area contributed by atoms with E-state index in [-0.39, 0.29) is 5.56 Å². The molecular formula is C11H13N3OS. The Morgan fingerprint density at radius 2 is 2.19 bits per heavy atom. The molecule has 0 aliphatic rings. The van der Waals surface area contributed by atoms with E-state index in [4.69, 9.17) is 0 Å². The quantitative estimate of drug-likeness (QED) is 0.865. The summed E-state index contributed by atoms with van der Waals surface area (Å²) < 4.78 is 1.57. The molecule has 0 unspecified atom stereocenters. The maximum absolute atomic E-state index is 12.0. The van der Waals surface area contributed by atoms with Crippen LogP contribution in [0.4, 0.5) is 5.69 Å². The molecule has 2 aromatic heterocycles. The third-order valence-corrected chi connectivity index (χ3v) is 3.51. The van der Waals surface area contributed by atoms with Crippen molar-refractivity contribution in [3.05, 3.63) is 39.3 Å². The van der Waals surface area contributed by atoms with Crippen LogP contribution in [0, 0.1) is 13.8 Å². The fraction of sp³-hybridized carbons (Fsp3) is 0.273. The fourth-order valence-corrected chi connectivity index (χ4v) is 2.29. The van der Waals surface area contributed by atoms with Gasteiger partial charge >= 0.3 is 0 Å². The number of aromatic nitrogens is 2. The van der Waals surface area contributed by atoms with Crippen LogP contribution in [0.3, 0.4) is 0 Å². The van der Waals surface area contributed by atoms with Gasteiger partial charge in [0, 0.05) is 18.1 Å². The van der Waals surface area contributed by atoms with E-state index in [1.807, 2.05) is 19.9 Å². The predicted molar refractivity (Wildman–Crippen MR) is 66.7 cm³/mol. The predicted octanol–water partition coefficient (Wildman–Crippen LogP) is 1.95. The Bertz CT molecular complexity index is 551. The average Bonchev–Trinajstić information content (AvgIpc) is 2.59. The van der Waals surface area contributed by atoms with Gasteiger partial charge in [0.15, 0.2) is 5.13 Å². The van der Waals surface area contributed by atoms with E-state index in [2.05, 4.69) is 10.3 Å². The Kier molecular flexibility index (Phi) is 2.78. The van der Waals surface area contributed by atoms with Crippen LogP contribution >= 0.6 is 11.3 Å². The maximum atomic E-state index is 12.0. The van der Waals surface area contributed by atoms with Crippen LogP contribution in [-0.2, 0) is 0 Å². The molecular weight excluding hydrogens is 222 g/mol. The molecule has 0 amide bonds. The van der Waals surface area contributed by atoms with Crippen LogP contribution in [0.1, 0.15) is 10.6 Å². The largest absolute Gasteiger partial charge is 0.384 e. The standard InChI is InChI=1S/C11H13N3OS/c1-7-8(2)16-11(13-7)14-6-4-5-9(12-3)10(14)15/h4-6,12H,1-3H3. The van der Waals surface area contributed by atoms with Gasteiger partial charge in [0.05, 0.1) is 5.69 Å². The normalized spacial score (nSPS) is 10.4. The first-order chi connectivity index (χ1) is 7.63. The molecule has 0 aliphatic heterocycles. The Morgan fingerprint density at radius 3 is 2.75 bits per heavy atom. The summed E-state index contributed by atoms with van der Waals surface area (Å²) in [5.74, 6) is 0. The molecule has 0 aliphatic carbocycles. The minimum Gasteiger partial charge on any atom is -0.384 e. The van der Waals surface area contributed by atoms with Gasteiger partial charge in [0.25, 0.3) is 5.56 Å². The average molecular weight is 235 g/mol. The van der Waals surface area contributed by atoms with E-state index in [1.54, 1.807) is 23.9 Å². The van der Waals surface area contributed by atoms with Crippen molar-refractivity contribution in [2.24, 2.45) is 0 Å². The molecule has 1 N–H and O–H groups in total. The molecule has 16 heavy (non-hydrogen) atoms. The number of hydrogen-bond acceptors (Lipinski definition) is 4. The summed E-state index contributed by atoms with van der Waals surface area (Å²) >= 11 is 1.52. The van der Waals surface area contributed by atoms with Crippen molar-refractivity contribution in [1.29, 1.82) is 0 Å². The van der Waals surface area contributed by atoms with Crippen LogP contribution in [0.15, 0.2) is 23.1 Å². The van der Waals surface area contributed by atoms with Crippen molar-refractivity contribution >= 4 is 17.0 Å². The minimum absolute atomic E-state index is 0.0706. The summed E-state index contributed by atoms with van der Waals surface area (Å²) in [7, 11) is 1.74. The van der Waals surface area contributed by atoms with E-state index in [0.717, 1.165) is 15.7 Å². The monoisotopic (exact) mass is 235 g/mol. The number of aryl methyl sites for hydroxylation is 2. The zero-order chi connectivity index (χ0) is 11.7. The summed E-state index contributed by atoms with van der Waals surface area (Å²) in [4.78, 5) is 17.5. The van der Waals surface area contributed by atoms with E-state index in [1.165, 1.54) is 11.3 Å². The molecule has 5 heteroatoms. The molecule has 0 spiro atoms. The lowest BCUT2D eigenvalue weighted by molar-refractivity contribution is 0.963. The van der Waals surface area contributed by atoms with Crippen molar-refractivity contribution in [3.8, 4) is 5.13 Å². The highest BCUT2D eigenvalue weighted by atomic mass is 32.1. The molecule has 0 radical (unpaired) electrons. The lowest BCUT2D eigenvalue weighted by atomic mass is 10.4. The zero-order valence-corrected chi connectivity index (χ0v) is 10.3. The lowest BCUT2D eigenvalue weighted by Gasteiger charge is -2.03. The van der Waals surface area contributed by atoms with Gasteiger partial charge in [-0.15, -0.1) is 11.3 Å². The molecule has 2 aromatic rings. The molecule has 0 aromatic carbocycles. The van der Waals surface area contributed by atoms with Gasteiger partial charge in [-0.3, -0.25) is 9.36 Å². The second kappa shape index (κ2) is 4.09. The third-order valence-electron chi connectivity index (χ3n) is 2.44. The molecule has 0 bridgehead atoms. The van der Waals surface area contributed by atoms with Gasteiger partial charge in [-0.25, -0.2) is 4.98 Å². The topological polar surface area (TPSA) is 46.9 Å². The van der Waals surface area contributed by atoms with E-state index in [0.29, 0.717) is 5.69 Å². The van der Waals surface area contributed by atoms with Crippen LogP contribution in [0.5, 0.6) is 0 Å². The number of thiazole rings is 1. The Labute approximate surface area is 97.6 Å². The molecule has 84 valence electrons. The number of pyridine rings is 1. The first-order valence-corrected chi connectivity index (χ1v) is 5.79. The number of anilines is 1. The van der Waals surface area contributed by atoms with Gasteiger partial charge < -0.3 is 5.32 Å². The van der Waals surface area contributed by atoms with Gasteiger partial charge in [0.2, 0.25) is 0 Å². The van der Waals surface area contributed by atoms with E-state index < -0.39 is 0 Å². The second-order valence-electron chi connectivity index (χ2n) is 3.49. The van der Waals surface area contributed by atoms with Crippen LogP contribution < -0.4 is 10.9 Å². The second-order valence-corrected chi connectivity index (χ2v) is 4.67. The Morgan fingerprint density at radius 1 is 1.44 bits per heavy atom. The molecule has 0 saturated carbocycles. The summed E-state index contributed by atoms with van der Waals surface area (Å²) in [6.45, 7) is 3.95. The van der Waals surface area contributed by atoms with Crippen LogP contribution in [0.2, 0.25) is 0 Å². The highest BCUT2D eigenvalue weighted by Crippen LogP contribution is 2.19. The highest BCUT2D eigenvalue weighted by molar-refractivity contribution is 7.14. The lowest BCUT2D eigenvalue weighted by Crippen LogP contribution is -2.20. The third kappa shape index (κ3) is 1.74. The van der Waals surface area contributed by atoms with Crippen LogP contribution in [0.25, 0.3) is 5.13 Å². The minimum atomic E-state index is -0.0706. The summed E-state index contributed by atoms with van der Waals surface area (Å²) in [6, 6.07) is 3.59. The summed E-state index contributed by atoms with van der Waals surface area (Å²) in [6.07, 6.45) is 1.74. The molecule has 0 fully saturated rings. The molecule has 2 heterocycles. The van der Waals surface area contributed by atoms with Gasteiger partial charge in [-0.2, -0.15) is 0 Å². The first-order valence-electron chi connectivity index (χ1n) is 4.97. The highest BCUT2D eigenvalue weighted by Gasteiger charge is 2.08. The Hall–Kier alpha value is -1.62. The van der Waals surface area contributed by atoms with Crippen molar-refractivity contribution in [2.75, 3.05) is 12.4 Å². The summed E-state index contributed by atoms with van der Waals surface area (Å²) in [5, 5.41) is 3.59. The summed E-state index contributed by atoms with van der Waals surface area (Å²) in [5.41, 5.74) is 1.48. The van der Waals surface area contributed by atoms with E-state index in [9.17, 15) is 4.79 Å². The van der Waals surface area contributed by atoms with Gasteiger partial charge in [0.1, 0.15) is 5.69 Å². The van der Waals surface area contributed by atoms with Crippen molar-refractivity contribution in [1.82, 2.24) is 9.55 Å². The zero-order valence-electron chi connectivity index (χ0n) is 9.44. The number of nitrogens with one attached hydrogen (secondary N) is 1. The maximum Gasteiger partial charge on any atom is 0.280 e. The number of nitrogens with zero attached hydrogens (tertiary/aromatic N) is 2. The van der Waals surface area contributed by atoms with Crippen LogP contribution in [-0.4, -0.2) is 16.6 Å². The molecule has 2 rings (SSSR count). The van der Waals surface area contributed by atoms with E-state index >= 15 is 0 Å². The van der Waals surface area contributed by atoms with Crippen molar-refractivity contribution in [2.45, 2.75) is 13.8 Å². The number of rotatable bonds is 2. The number of hydrogen-bond donors (Lipinski definition) is 1. The molecule has 4 nitrogen and oxygen atoms in total. The van der Waals surface area contributed by atoms with Crippen molar-refractivity contribution in [3.63, 3.8) is 0 Å². The van der Waals surface area contributed by atoms with Gasteiger partial charge in [-0.05, 0) is 26.0 Å². The molecule has 0 atom stereocenters. The smallest absolute Gasteiger partial charge is 0.280 e. The first kappa shape index (κ1) is 10.9. The molecule has 0 saturated heterocycles. The Balaban J connectivity index is 2.60. The van der Waals surface area contributed by atoms with Crippen molar-refractivity contribution < 1.29 is 0 Å². The fourth-order valence-electron chi connectivity index (χ4n) is 1.39.